The van der Waals surface area contributed by atoms with Crippen molar-refractivity contribution in [2.75, 3.05) is 5.73 Å². The van der Waals surface area contributed by atoms with Crippen molar-refractivity contribution in [1.82, 2.24) is 14.6 Å². The Balaban J connectivity index is 2.36. The number of benzene rings is 1. The summed E-state index contributed by atoms with van der Waals surface area (Å²) in [6, 6.07) is 6.77. The fourth-order valence-corrected chi connectivity index (χ4v) is 2.39. The second-order valence-corrected chi connectivity index (χ2v) is 5.07. The normalized spacial score (nSPS) is 11.0. The van der Waals surface area contributed by atoms with E-state index in [1.54, 1.807) is 18.3 Å². The first-order valence-corrected chi connectivity index (χ1v) is 6.49. The van der Waals surface area contributed by atoms with Crippen LogP contribution in [0.25, 0.3) is 16.8 Å². The topological polar surface area (TPSA) is 93.5 Å². The Morgan fingerprint density at radius 3 is 2.81 bits per heavy atom. The van der Waals surface area contributed by atoms with E-state index in [1.165, 1.54) is 10.6 Å². The highest BCUT2D eigenvalue weighted by Gasteiger charge is 2.17. The molecule has 2 heterocycles. The van der Waals surface area contributed by atoms with Crippen LogP contribution in [-0.2, 0) is 0 Å². The zero-order valence-electron chi connectivity index (χ0n) is 11.0. The number of pyridine rings is 1. The van der Waals surface area contributed by atoms with Gasteiger partial charge in [0.05, 0.1) is 5.56 Å². The number of carboxylic acid groups (broad SMARTS) is 1. The van der Waals surface area contributed by atoms with Gasteiger partial charge in [-0.1, -0.05) is 17.7 Å². The summed E-state index contributed by atoms with van der Waals surface area (Å²) in [7, 11) is 0. The molecule has 0 amide bonds. The molecule has 3 aromatic rings. The molecule has 0 saturated heterocycles. The SMILES string of the molecule is Cc1ccc(Cl)cc1-c1cn2nc(N)nc2cc1C(=O)O. The molecule has 3 rings (SSSR count). The standard InChI is InChI=1S/C14H11ClN4O2/c1-7-2-3-8(15)4-9(7)11-6-19-12(17-14(16)18-19)5-10(11)13(20)21/h2-6H,1H3,(H2,16,18)(H,20,21). The number of aryl methyl sites for hydroxylation is 1. The van der Waals surface area contributed by atoms with Gasteiger partial charge in [0.2, 0.25) is 5.95 Å². The lowest BCUT2D eigenvalue weighted by molar-refractivity contribution is 0.0697. The monoisotopic (exact) mass is 302 g/mol. The van der Waals surface area contributed by atoms with E-state index >= 15 is 0 Å². The van der Waals surface area contributed by atoms with E-state index in [0.29, 0.717) is 16.2 Å². The Morgan fingerprint density at radius 1 is 1.33 bits per heavy atom. The van der Waals surface area contributed by atoms with Crippen molar-refractivity contribution in [2.45, 2.75) is 6.92 Å². The van der Waals surface area contributed by atoms with Gasteiger partial charge in [0.1, 0.15) is 0 Å². The minimum Gasteiger partial charge on any atom is -0.478 e. The molecular weight excluding hydrogens is 292 g/mol. The minimum atomic E-state index is -1.05. The maximum Gasteiger partial charge on any atom is 0.336 e. The largest absolute Gasteiger partial charge is 0.478 e. The van der Waals surface area contributed by atoms with Crippen molar-refractivity contribution in [3.05, 3.63) is 46.6 Å². The van der Waals surface area contributed by atoms with E-state index in [1.807, 2.05) is 13.0 Å². The summed E-state index contributed by atoms with van der Waals surface area (Å²) < 4.78 is 1.46. The van der Waals surface area contributed by atoms with Crippen molar-refractivity contribution in [1.29, 1.82) is 0 Å². The molecule has 7 heteroatoms. The van der Waals surface area contributed by atoms with Crippen molar-refractivity contribution >= 4 is 29.2 Å². The van der Waals surface area contributed by atoms with Gasteiger partial charge in [-0.15, -0.1) is 5.10 Å². The molecule has 0 aliphatic carbocycles. The summed E-state index contributed by atoms with van der Waals surface area (Å²) >= 11 is 6.02. The van der Waals surface area contributed by atoms with Crippen LogP contribution < -0.4 is 5.73 Å². The molecule has 0 unspecified atom stereocenters. The fourth-order valence-electron chi connectivity index (χ4n) is 2.22. The van der Waals surface area contributed by atoms with E-state index < -0.39 is 5.97 Å². The Bertz CT molecular complexity index is 873. The average Bonchev–Trinajstić information content (AvgIpc) is 2.79. The second kappa shape index (κ2) is 4.75. The summed E-state index contributed by atoms with van der Waals surface area (Å²) in [5.74, 6) is -0.959. The average molecular weight is 303 g/mol. The van der Waals surface area contributed by atoms with Gasteiger partial charge in [0.15, 0.2) is 5.65 Å². The molecule has 0 aliphatic rings. The van der Waals surface area contributed by atoms with Gasteiger partial charge >= 0.3 is 5.97 Å². The molecule has 0 spiro atoms. The number of nitrogen functional groups attached to an aromatic ring is 1. The van der Waals surface area contributed by atoms with Crippen molar-refractivity contribution < 1.29 is 9.90 Å². The quantitative estimate of drug-likeness (QED) is 0.759. The molecule has 0 aliphatic heterocycles. The number of halogens is 1. The maximum atomic E-state index is 11.5. The molecule has 106 valence electrons. The third-order valence-electron chi connectivity index (χ3n) is 3.21. The van der Waals surface area contributed by atoms with E-state index in [4.69, 9.17) is 17.3 Å². The zero-order chi connectivity index (χ0) is 15.1. The number of nitrogens with zero attached hydrogens (tertiary/aromatic N) is 3. The summed E-state index contributed by atoms with van der Waals surface area (Å²) in [6.07, 6.45) is 1.60. The number of rotatable bonds is 2. The summed E-state index contributed by atoms with van der Waals surface area (Å²) in [5.41, 5.74) is 8.21. The number of carboxylic acids is 1. The van der Waals surface area contributed by atoms with Crippen LogP contribution in [0.4, 0.5) is 5.95 Å². The van der Waals surface area contributed by atoms with Crippen molar-refractivity contribution in [3.8, 4) is 11.1 Å². The van der Waals surface area contributed by atoms with Crippen LogP contribution in [0, 0.1) is 6.92 Å². The Kier molecular flexibility index (Phi) is 3.03. The number of hydrogen-bond acceptors (Lipinski definition) is 4. The number of carbonyl (C=O) groups is 1. The van der Waals surface area contributed by atoms with Crippen LogP contribution in [0.15, 0.2) is 30.5 Å². The Hall–Kier alpha value is -2.60. The molecule has 0 atom stereocenters. The molecule has 3 N–H and O–H groups in total. The predicted molar refractivity (Wildman–Crippen MR) is 79.5 cm³/mol. The van der Waals surface area contributed by atoms with Gasteiger partial charge in [0.25, 0.3) is 0 Å². The van der Waals surface area contributed by atoms with E-state index in [-0.39, 0.29) is 11.5 Å². The smallest absolute Gasteiger partial charge is 0.336 e. The van der Waals surface area contributed by atoms with Gasteiger partial charge in [-0.3, -0.25) is 0 Å². The molecule has 1 aromatic carbocycles. The fraction of sp³-hybridized carbons (Fsp3) is 0.0714. The Labute approximate surface area is 124 Å². The van der Waals surface area contributed by atoms with Gasteiger partial charge < -0.3 is 10.8 Å². The second-order valence-electron chi connectivity index (χ2n) is 4.64. The van der Waals surface area contributed by atoms with Crippen molar-refractivity contribution in [2.24, 2.45) is 0 Å². The lowest BCUT2D eigenvalue weighted by atomic mass is 9.98. The van der Waals surface area contributed by atoms with Crippen LogP contribution in [-0.4, -0.2) is 25.7 Å². The Morgan fingerprint density at radius 2 is 2.10 bits per heavy atom. The van der Waals surface area contributed by atoms with Crippen LogP contribution in [0.1, 0.15) is 15.9 Å². The number of aromatic carboxylic acids is 1. The number of anilines is 1. The summed E-state index contributed by atoms with van der Waals surface area (Å²) in [5, 5.41) is 14.0. The molecule has 0 saturated carbocycles. The van der Waals surface area contributed by atoms with E-state index in [0.717, 1.165) is 11.1 Å². The van der Waals surface area contributed by atoms with Crippen LogP contribution >= 0.6 is 11.6 Å². The van der Waals surface area contributed by atoms with Crippen LogP contribution in [0.5, 0.6) is 0 Å². The number of fused-ring (bicyclic) bond motifs is 1. The van der Waals surface area contributed by atoms with Gasteiger partial charge in [0, 0.05) is 16.8 Å². The van der Waals surface area contributed by atoms with E-state index in [9.17, 15) is 9.90 Å². The molecular formula is C14H11ClN4O2. The summed E-state index contributed by atoms with van der Waals surface area (Å²) in [4.78, 5) is 15.5. The molecule has 21 heavy (non-hydrogen) atoms. The molecule has 0 bridgehead atoms. The third kappa shape index (κ3) is 2.30. The van der Waals surface area contributed by atoms with Gasteiger partial charge in [-0.25, -0.2) is 9.31 Å². The highest BCUT2D eigenvalue weighted by atomic mass is 35.5. The van der Waals surface area contributed by atoms with Crippen molar-refractivity contribution in [3.63, 3.8) is 0 Å². The van der Waals surface area contributed by atoms with Crippen LogP contribution in [0.3, 0.4) is 0 Å². The lowest BCUT2D eigenvalue weighted by Crippen LogP contribution is -2.03. The minimum absolute atomic E-state index is 0.0892. The highest BCUT2D eigenvalue weighted by Crippen LogP contribution is 2.30. The first kappa shape index (κ1) is 13.4. The van der Waals surface area contributed by atoms with Crippen LogP contribution in [0.2, 0.25) is 5.02 Å². The molecule has 2 aromatic heterocycles. The molecule has 0 fully saturated rings. The first-order chi connectivity index (χ1) is 9.95. The highest BCUT2D eigenvalue weighted by molar-refractivity contribution is 6.31. The summed E-state index contributed by atoms with van der Waals surface area (Å²) in [6.45, 7) is 1.89. The van der Waals surface area contributed by atoms with E-state index in [2.05, 4.69) is 10.1 Å². The predicted octanol–water partition coefficient (Wildman–Crippen LogP) is 2.64. The maximum absolute atomic E-state index is 11.5. The van der Waals surface area contributed by atoms with Gasteiger partial charge in [-0.05, 0) is 36.2 Å². The lowest BCUT2D eigenvalue weighted by Gasteiger charge is -2.10. The number of aromatic nitrogens is 3. The molecule has 6 nitrogen and oxygen atoms in total. The molecule has 0 radical (unpaired) electrons. The first-order valence-electron chi connectivity index (χ1n) is 6.11. The van der Waals surface area contributed by atoms with Gasteiger partial charge in [-0.2, -0.15) is 4.98 Å². The number of hydrogen-bond donors (Lipinski definition) is 2. The zero-order valence-corrected chi connectivity index (χ0v) is 11.8. The third-order valence-corrected chi connectivity index (χ3v) is 3.44. The number of nitrogens with two attached hydrogens (primary N) is 1.